The molecule has 0 aliphatic carbocycles. The van der Waals surface area contributed by atoms with Crippen LogP contribution in [0.25, 0.3) is 0 Å². The Hall–Kier alpha value is -4.15. The number of alkyl halides is 3. The van der Waals surface area contributed by atoms with E-state index in [9.17, 15) is 22.8 Å². The first-order valence-electron chi connectivity index (χ1n) is 12.7. The molecule has 2 aromatic carbocycles. The van der Waals surface area contributed by atoms with Gasteiger partial charge in [-0.05, 0) is 67.3 Å². The third-order valence-corrected chi connectivity index (χ3v) is 7.16. The summed E-state index contributed by atoms with van der Waals surface area (Å²) >= 11 is 0. The fourth-order valence-electron chi connectivity index (χ4n) is 4.87. The van der Waals surface area contributed by atoms with Gasteiger partial charge in [-0.2, -0.15) is 13.2 Å². The van der Waals surface area contributed by atoms with Gasteiger partial charge in [0.05, 0.1) is 17.2 Å². The van der Waals surface area contributed by atoms with Gasteiger partial charge in [0.25, 0.3) is 0 Å². The summed E-state index contributed by atoms with van der Waals surface area (Å²) in [5.41, 5.74) is 7.49. The second-order valence-corrected chi connectivity index (χ2v) is 9.67. The second-order valence-electron chi connectivity index (χ2n) is 9.67. The van der Waals surface area contributed by atoms with Gasteiger partial charge in [-0.3, -0.25) is 4.79 Å². The number of benzene rings is 2. The number of nitrogens with zero attached hydrogens (tertiary/aromatic N) is 3. The Labute approximate surface area is 224 Å². The number of hydrogen-bond acceptors (Lipinski definition) is 5. The molecule has 1 aromatic heterocycles. The van der Waals surface area contributed by atoms with Gasteiger partial charge in [0, 0.05) is 25.0 Å². The third kappa shape index (κ3) is 6.84. The smallest absolute Gasteiger partial charge is 0.419 e. The molecule has 1 unspecified atom stereocenters. The van der Waals surface area contributed by atoms with E-state index in [4.69, 9.17) is 10.8 Å². The fourth-order valence-corrected chi connectivity index (χ4v) is 4.87. The fraction of sp³-hybridized carbons (Fsp3) is 0.357. The van der Waals surface area contributed by atoms with Gasteiger partial charge >= 0.3 is 12.3 Å². The van der Waals surface area contributed by atoms with Crippen LogP contribution in [0.5, 0.6) is 0 Å². The number of halogens is 3. The number of likely N-dealkylation sites (tertiary alicyclic amines) is 1. The van der Waals surface area contributed by atoms with Gasteiger partial charge in [-0.25, -0.2) is 14.8 Å². The number of anilines is 2. The summed E-state index contributed by atoms with van der Waals surface area (Å²) in [5.74, 6) is -0.801. The summed E-state index contributed by atoms with van der Waals surface area (Å²) in [6.45, 7) is 2.63. The number of rotatable bonds is 8. The first-order valence-corrected chi connectivity index (χ1v) is 12.7. The van der Waals surface area contributed by atoms with Crippen LogP contribution in [-0.4, -0.2) is 45.1 Å². The molecule has 2 heterocycles. The van der Waals surface area contributed by atoms with Crippen LogP contribution >= 0.6 is 0 Å². The monoisotopic (exact) mass is 541 g/mol. The molecular formula is C28H30F3N5O3. The third-order valence-electron chi connectivity index (χ3n) is 7.16. The summed E-state index contributed by atoms with van der Waals surface area (Å²) in [4.78, 5) is 32.3. The average Bonchev–Trinajstić information content (AvgIpc) is 2.91. The molecule has 0 radical (unpaired) electrons. The van der Waals surface area contributed by atoms with E-state index < -0.39 is 29.7 Å². The number of carbonyl (C=O) groups is 2. The first-order chi connectivity index (χ1) is 18.5. The Bertz CT molecular complexity index is 1320. The topological polar surface area (TPSA) is 121 Å². The SMILES string of the molecule is CC(C(N)=O)c1ccccc1CCc1nc(Nc2ccc(C3CCN(C(=O)O)CC3)cc2)ncc1C(F)(F)F. The number of carboxylic acid groups (broad SMARTS) is 1. The highest BCUT2D eigenvalue weighted by Crippen LogP contribution is 2.33. The lowest BCUT2D eigenvalue weighted by atomic mass is 9.89. The van der Waals surface area contributed by atoms with E-state index in [0.717, 1.165) is 30.2 Å². The van der Waals surface area contributed by atoms with Gasteiger partial charge < -0.3 is 21.1 Å². The lowest BCUT2D eigenvalue weighted by molar-refractivity contribution is -0.138. The van der Waals surface area contributed by atoms with Crippen molar-refractivity contribution in [3.8, 4) is 0 Å². The van der Waals surface area contributed by atoms with Crippen molar-refractivity contribution in [3.63, 3.8) is 0 Å². The molecule has 0 saturated carbocycles. The lowest BCUT2D eigenvalue weighted by Crippen LogP contribution is -2.36. The quantitative estimate of drug-likeness (QED) is 0.348. The van der Waals surface area contributed by atoms with Crippen LogP contribution in [0.4, 0.5) is 29.6 Å². The highest BCUT2D eigenvalue weighted by molar-refractivity contribution is 5.81. The van der Waals surface area contributed by atoms with E-state index in [1.165, 1.54) is 4.90 Å². The zero-order valence-electron chi connectivity index (χ0n) is 21.4. The van der Waals surface area contributed by atoms with Gasteiger partial charge in [0.2, 0.25) is 11.9 Å². The van der Waals surface area contributed by atoms with Crippen LogP contribution in [-0.2, 0) is 23.8 Å². The number of piperidine rings is 1. The van der Waals surface area contributed by atoms with Gasteiger partial charge in [0.1, 0.15) is 0 Å². The highest BCUT2D eigenvalue weighted by Gasteiger charge is 2.35. The Morgan fingerprint density at radius 2 is 1.77 bits per heavy atom. The summed E-state index contributed by atoms with van der Waals surface area (Å²) in [5, 5.41) is 12.1. The van der Waals surface area contributed by atoms with Gasteiger partial charge in [-0.15, -0.1) is 0 Å². The standard InChI is InChI=1S/C28H30F3N5O3/c1-17(25(32)37)22-5-3-2-4-20(22)8-11-24-23(28(29,30)31)16-33-26(35-24)34-21-9-6-18(7-10-21)19-12-14-36(15-13-19)27(38)39/h2-7,9-10,16-17,19H,8,11-15H2,1H3,(H2,32,37)(H,38,39)(H,33,34,35). The number of aryl methyl sites for hydroxylation is 2. The summed E-state index contributed by atoms with van der Waals surface area (Å²) in [7, 11) is 0. The van der Waals surface area contributed by atoms with E-state index in [-0.39, 0.29) is 30.4 Å². The predicted octanol–water partition coefficient (Wildman–Crippen LogP) is 5.47. The first kappa shape index (κ1) is 27.9. The average molecular weight is 542 g/mol. The van der Waals surface area contributed by atoms with Crippen LogP contribution < -0.4 is 11.1 Å². The number of hydrogen-bond donors (Lipinski definition) is 3. The van der Waals surface area contributed by atoms with E-state index in [1.807, 2.05) is 12.1 Å². The Morgan fingerprint density at radius 3 is 2.38 bits per heavy atom. The molecule has 0 spiro atoms. The lowest BCUT2D eigenvalue weighted by Gasteiger charge is -2.30. The largest absolute Gasteiger partial charge is 0.465 e. The molecule has 8 nitrogen and oxygen atoms in total. The van der Waals surface area contributed by atoms with Gasteiger partial charge in [-0.1, -0.05) is 36.4 Å². The van der Waals surface area contributed by atoms with Crippen molar-refractivity contribution < 1.29 is 27.9 Å². The Morgan fingerprint density at radius 1 is 1.10 bits per heavy atom. The summed E-state index contributed by atoms with van der Waals surface area (Å²) in [6.07, 6.45) is -3.06. The van der Waals surface area contributed by atoms with Crippen molar-refractivity contribution in [1.82, 2.24) is 14.9 Å². The molecule has 1 fully saturated rings. The molecule has 11 heteroatoms. The molecule has 2 amide bonds. The maximum Gasteiger partial charge on any atom is 0.419 e. The molecule has 206 valence electrons. The number of carbonyl (C=O) groups excluding carboxylic acids is 1. The van der Waals surface area contributed by atoms with E-state index in [1.54, 1.807) is 43.3 Å². The highest BCUT2D eigenvalue weighted by atomic mass is 19.4. The minimum atomic E-state index is -4.62. The van der Waals surface area contributed by atoms with E-state index >= 15 is 0 Å². The normalized spacial score (nSPS) is 15.1. The maximum atomic E-state index is 13.7. The van der Waals surface area contributed by atoms with Crippen LogP contribution in [0.1, 0.15) is 59.5 Å². The van der Waals surface area contributed by atoms with Crippen molar-refractivity contribution in [2.45, 2.75) is 50.6 Å². The zero-order valence-corrected chi connectivity index (χ0v) is 21.4. The number of aromatic nitrogens is 2. The number of nitrogens with one attached hydrogen (secondary N) is 1. The van der Waals surface area contributed by atoms with Crippen molar-refractivity contribution in [1.29, 1.82) is 0 Å². The van der Waals surface area contributed by atoms with Crippen molar-refractivity contribution >= 4 is 23.6 Å². The molecule has 0 bridgehead atoms. The van der Waals surface area contributed by atoms with Crippen LogP contribution in [0.3, 0.4) is 0 Å². The molecule has 1 saturated heterocycles. The number of primary amides is 1. The van der Waals surface area contributed by atoms with Gasteiger partial charge in [0.15, 0.2) is 0 Å². The Kier molecular flexibility index (Phi) is 8.37. The molecular weight excluding hydrogens is 511 g/mol. The minimum absolute atomic E-state index is 0.0114. The van der Waals surface area contributed by atoms with Crippen molar-refractivity contribution in [2.75, 3.05) is 18.4 Å². The van der Waals surface area contributed by atoms with E-state index in [0.29, 0.717) is 24.3 Å². The molecule has 3 aromatic rings. The molecule has 1 atom stereocenters. The minimum Gasteiger partial charge on any atom is -0.465 e. The predicted molar refractivity (Wildman–Crippen MR) is 140 cm³/mol. The van der Waals surface area contributed by atoms with Crippen molar-refractivity contribution in [3.05, 3.63) is 82.7 Å². The number of nitrogens with two attached hydrogens (primary N) is 1. The van der Waals surface area contributed by atoms with Crippen LogP contribution in [0, 0.1) is 0 Å². The molecule has 1 aliphatic rings. The summed E-state index contributed by atoms with van der Waals surface area (Å²) in [6, 6.07) is 14.5. The Balaban J connectivity index is 1.49. The molecule has 39 heavy (non-hydrogen) atoms. The van der Waals surface area contributed by atoms with Crippen LogP contribution in [0.2, 0.25) is 0 Å². The second kappa shape index (κ2) is 11.7. The number of amides is 2. The van der Waals surface area contributed by atoms with E-state index in [2.05, 4.69) is 15.3 Å². The molecule has 4 rings (SSSR count). The van der Waals surface area contributed by atoms with Crippen molar-refractivity contribution in [2.24, 2.45) is 5.73 Å². The summed E-state index contributed by atoms with van der Waals surface area (Å²) < 4.78 is 41.2. The molecule has 4 N–H and O–H groups in total. The zero-order chi connectivity index (χ0) is 28.2. The maximum absolute atomic E-state index is 13.7. The molecule has 1 aliphatic heterocycles. The van der Waals surface area contributed by atoms with Crippen LogP contribution in [0.15, 0.2) is 54.7 Å².